The van der Waals surface area contributed by atoms with Gasteiger partial charge < -0.3 is 5.32 Å². The average molecular weight is 505 g/mol. The van der Waals surface area contributed by atoms with Crippen LogP contribution in [0.1, 0.15) is 5.56 Å². The topological polar surface area (TPSA) is 75.2 Å². The van der Waals surface area contributed by atoms with Crippen LogP contribution < -0.4 is 5.32 Å². The van der Waals surface area contributed by atoms with E-state index in [1.807, 2.05) is 18.2 Å². The molecule has 0 unspecified atom stereocenters. The molecule has 0 aliphatic rings. The molecule has 4 rings (SSSR count). The first-order valence-corrected chi connectivity index (χ1v) is 12.0. The van der Waals surface area contributed by atoms with Crippen molar-refractivity contribution in [2.45, 2.75) is 11.4 Å². The maximum Gasteiger partial charge on any atom is 0.244 e. The summed E-state index contributed by atoms with van der Waals surface area (Å²) in [5.74, 6) is 0.165. The number of aromatic nitrogens is 2. The fourth-order valence-corrected chi connectivity index (χ4v) is 5.38. The largest absolute Gasteiger partial charge is 0.373 e. The second-order valence-corrected chi connectivity index (χ2v) is 10.2. The number of hydrogen-bond acceptors (Lipinski definition) is 5. The van der Waals surface area contributed by atoms with Gasteiger partial charge in [0.25, 0.3) is 0 Å². The van der Waals surface area contributed by atoms with E-state index in [0.29, 0.717) is 10.8 Å². The minimum absolute atomic E-state index is 0.00212. The molecular weight excluding hydrogens is 486 g/mol. The van der Waals surface area contributed by atoms with Gasteiger partial charge in [-0.05, 0) is 53.6 Å². The Balaban J connectivity index is 1.69. The van der Waals surface area contributed by atoms with Gasteiger partial charge >= 0.3 is 0 Å². The molecule has 1 aromatic heterocycles. The van der Waals surface area contributed by atoms with E-state index < -0.39 is 15.8 Å². The van der Waals surface area contributed by atoms with Crippen LogP contribution in [0.2, 0.25) is 10.0 Å². The lowest BCUT2D eigenvalue weighted by atomic mass is 10.0. The lowest BCUT2D eigenvalue weighted by molar-refractivity contribution is 0.456. The molecule has 0 radical (unpaired) electrons. The molecule has 0 amide bonds. The van der Waals surface area contributed by atoms with Gasteiger partial charge in [0.2, 0.25) is 10.0 Å². The van der Waals surface area contributed by atoms with E-state index in [1.165, 1.54) is 37.6 Å². The summed E-state index contributed by atoms with van der Waals surface area (Å²) in [5, 5.41) is 4.18. The Morgan fingerprint density at radius 3 is 2.45 bits per heavy atom. The fraction of sp³-hybridized carbons (Fsp3) is 0.130. The summed E-state index contributed by atoms with van der Waals surface area (Å²) in [7, 11) is -0.820. The molecule has 10 heteroatoms. The fourth-order valence-electron chi connectivity index (χ4n) is 3.49. The molecule has 0 aliphatic heterocycles. The standard InChI is InChI=1S/C23H19Cl2FN4O2S/c1-27-23-18-10-15(4-7-21(18)28-13-29-23)14-3-6-20(26)16(9-14)12-30(2)33(31,32)22-8-5-17(24)11-19(22)25/h3-11,13H,12H2,1-2H3,(H,27,28,29). The van der Waals surface area contributed by atoms with Crippen molar-refractivity contribution < 1.29 is 12.8 Å². The van der Waals surface area contributed by atoms with E-state index in [2.05, 4.69) is 15.3 Å². The average Bonchev–Trinajstić information content (AvgIpc) is 2.79. The maximum atomic E-state index is 14.6. The number of hydrogen-bond donors (Lipinski definition) is 1. The molecule has 0 atom stereocenters. The van der Waals surface area contributed by atoms with Crippen LogP contribution in [0, 0.1) is 5.82 Å². The molecule has 170 valence electrons. The number of fused-ring (bicyclic) bond motifs is 1. The van der Waals surface area contributed by atoms with Crippen LogP contribution >= 0.6 is 23.2 Å². The molecule has 0 bridgehead atoms. The molecule has 0 aliphatic carbocycles. The number of nitrogens with one attached hydrogen (secondary N) is 1. The van der Waals surface area contributed by atoms with Crippen molar-refractivity contribution in [1.29, 1.82) is 0 Å². The van der Waals surface area contributed by atoms with Crippen molar-refractivity contribution in [1.82, 2.24) is 14.3 Å². The van der Waals surface area contributed by atoms with Gasteiger partial charge in [-0.15, -0.1) is 0 Å². The summed E-state index contributed by atoms with van der Waals surface area (Å²) in [6.07, 6.45) is 1.48. The van der Waals surface area contributed by atoms with Crippen LogP contribution in [0.25, 0.3) is 22.0 Å². The molecule has 1 N–H and O–H groups in total. The van der Waals surface area contributed by atoms with Gasteiger partial charge in [0.15, 0.2) is 0 Å². The van der Waals surface area contributed by atoms with Gasteiger partial charge in [-0.1, -0.05) is 35.3 Å². The van der Waals surface area contributed by atoms with Crippen molar-refractivity contribution in [3.05, 3.63) is 82.4 Å². The molecule has 1 heterocycles. The zero-order valence-corrected chi connectivity index (χ0v) is 20.0. The molecule has 33 heavy (non-hydrogen) atoms. The van der Waals surface area contributed by atoms with Gasteiger partial charge in [-0.3, -0.25) is 0 Å². The van der Waals surface area contributed by atoms with Crippen molar-refractivity contribution in [3.8, 4) is 11.1 Å². The molecule has 3 aromatic carbocycles. The number of benzene rings is 3. The zero-order valence-electron chi connectivity index (χ0n) is 17.7. The third-order valence-electron chi connectivity index (χ3n) is 5.23. The zero-order chi connectivity index (χ0) is 23.8. The van der Waals surface area contributed by atoms with Gasteiger partial charge in [0.05, 0.1) is 10.5 Å². The van der Waals surface area contributed by atoms with Gasteiger partial charge in [0, 0.05) is 36.6 Å². The third kappa shape index (κ3) is 4.65. The first kappa shape index (κ1) is 23.4. The SMILES string of the molecule is CNc1ncnc2ccc(-c3ccc(F)c(CN(C)S(=O)(=O)c4ccc(Cl)cc4Cl)c3)cc12. The second kappa shape index (κ2) is 9.23. The number of nitrogens with zero attached hydrogens (tertiary/aromatic N) is 3. The minimum Gasteiger partial charge on any atom is -0.373 e. The highest BCUT2D eigenvalue weighted by molar-refractivity contribution is 7.89. The number of rotatable bonds is 6. The van der Waals surface area contributed by atoms with E-state index >= 15 is 0 Å². The lowest BCUT2D eigenvalue weighted by Crippen LogP contribution is -2.27. The summed E-state index contributed by atoms with van der Waals surface area (Å²) in [6, 6.07) is 14.4. The monoisotopic (exact) mass is 504 g/mol. The Hall–Kier alpha value is -2.78. The molecular formula is C23H19Cl2FN4O2S. The highest BCUT2D eigenvalue weighted by Gasteiger charge is 2.25. The molecule has 4 aromatic rings. The molecule has 0 fully saturated rings. The van der Waals surface area contributed by atoms with E-state index in [1.54, 1.807) is 19.2 Å². The Morgan fingerprint density at radius 1 is 1.00 bits per heavy atom. The van der Waals surface area contributed by atoms with Crippen LogP contribution in [0.15, 0.2) is 65.8 Å². The number of anilines is 1. The van der Waals surface area contributed by atoms with Gasteiger partial charge in [-0.2, -0.15) is 4.31 Å². The van der Waals surface area contributed by atoms with Crippen molar-refractivity contribution in [3.63, 3.8) is 0 Å². The second-order valence-electron chi connectivity index (χ2n) is 7.35. The Labute approximate surface area is 201 Å². The van der Waals surface area contributed by atoms with Crippen molar-refractivity contribution in [2.75, 3.05) is 19.4 Å². The van der Waals surface area contributed by atoms with Crippen LogP contribution in [0.4, 0.5) is 10.2 Å². The molecule has 0 spiro atoms. The molecule has 6 nitrogen and oxygen atoms in total. The van der Waals surface area contributed by atoms with Gasteiger partial charge in [0.1, 0.15) is 22.9 Å². The summed E-state index contributed by atoms with van der Waals surface area (Å²) in [6.45, 7) is -0.181. The van der Waals surface area contributed by atoms with Gasteiger partial charge in [-0.25, -0.2) is 22.8 Å². The van der Waals surface area contributed by atoms with Crippen molar-refractivity contribution >= 4 is 49.9 Å². The van der Waals surface area contributed by atoms with E-state index in [4.69, 9.17) is 23.2 Å². The summed E-state index contributed by atoms with van der Waals surface area (Å²) < 4.78 is 41.7. The Kier molecular flexibility index (Phi) is 6.54. The molecule has 0 saturated heterocycles. The summed E-state index contributed by atoms with van der Waals surface area (Å²) in [5.41, 5.74) is 2.55. The number of halogens is 3. The maximum absolute atomic E-state index is 14.6. The predicted octanol–water partition coefficient (Wildman–Crippen LogP) is 5.61. The van der Waals surface area contributed by atoms with E-state index in [-0.39, 0.29) is 22.0 Å². The Morgan fingerprint density at radius 2 is 1.73 bits per heavy atom. The van der Waals surface area contributed by atoms with Crippen molar-refractivity contribution in [2.24, 2.45) is 0 Å². The van der Waals surface area contributed by atoms with Crippen LogP contribution in [0.3, 0.4) is 0 Å². The number of sulfonamides is 1. The normalized spacial score (nSPS) is 11.8. The quantitative estimate of drug-likeness (QED) is 0.369. The summed E-state index contributed by atoms with van der Waals surface area (Å²) >= 11 is 12.0. The highest BCUT2D eigenvalue weighted by atomic mass is 35.5. The first-order valence-electron chi connectivity index (χ1n) is 9.83. The Bertz CT molecular complexity index is 1460. The predicted molar refractivity (Wildman–Crippen MR) is 130 cm³/mol. The first-order chi connectivity index (χ1) is 15.7. The molecule has 0 saturated carbocycles. The highest BCUT2D eigenvalue weighted by Crippen LogP contribution is 2.30. The third-order valence-corrected chi connectivity index (χ3v) is 7.75. The van der Waals surface area contributed by atoms with Crippen LogP contribution in [-0.4, -0.2) is 36.8 Å². The lowest BCUT2D eigenvalue weighted by Gasteiger charge is -2.19. The summed E-state index contributed by atoms with van der Waals surface area (Å²) in [4.78, 5) is 8.39. The minimum atomic E-state index is -3.97. The van der Waals surface area contributed by atoms with Crippen LogP contribution in [0.5, 0.6) is 0 Å². The van der Waals surface area contributed by atoms with E-state index in [0.717, 1.165) is 26.3 Å². The van der Waals surface area contributed by atoms with Crippen LogP contribution in [-0.2, 0) is 16.6 Å². The van der Waals surface area contributed by atoms with E-state index in [9.17, 15) is 12.8 Å². The smallest absolute Gasteiger partial charge is 0.244 e.